The predicted molar refractivity (Wildman–Crippen MR) is 145 cm³/mol. The molecule has 4 amide bonds. The third kappa shape index (κ3) is 5.69. The number of imide groups is 2. The number of carbonyl (C=O) groups excluding carboxylic acids is 3. The number of hydrogen-bond acceptors (Lipinski definition) is 4. The van der Waals surface area contributed by atoms with Gasteiger partial charge in [-0.2, -0.15) is 0 Å². The first kappa shape index (κ1) is 25.2. The van der Waals surface area contributed by atoms with Crippen LogP contribution in [0.4, 0.5) is 10.5 Å². The minimum absolute atomic E-state index is 0.138. The highest BCUT2D eigenvalue weighted by Crippen LogP contribution is 2.28. The minimum Gasteiger partial charge on any atom is -0.488 e. The number of ether oxygens (including phenoxy) is 1. The molecule has 0 atom stereocenters. The van der Waals surface area contributed by atoms with Crippen LogP contribution in [0.25, 0.3) is 6.08 Å². The molecule has 9 heteroatoms. The smallest absolute Gasteiger partial charge is 0.335 e. The maximum atomic E-state index is 13.2. The monoisotopic (exact) mass is 620 g/mol. The molecule has 0 aliphatic carbocycles. The van der Waals surface area contributed by atoms with Crippen molar-refractivity contribution in [2.24, 2.45) is 0 Å². The second-order valence-electron chi connectivity index (χ2n) is 8.02. The van der Waals surface area contributed by atoms with Gasteiger partial charge in [-0.05, 0) is 95.6 Å². The highest BCUT2D eigenvalue weighted by atomic mass is 127. The lowest BCUT2D eigenvalue weighted by Crippen LogP contribution is -2.54. The van der Waals surface area contributed by atoms with Crippen molar-refractivity contribution >= 4 is 75.4 Å². The second kappa shape index (κ2) is 10.4. The van der Waals surface area contributed by atoms with Crippen LogP contribution in [0.5, 0.6) is 5.75 Å². The standard InChI is InChI=1S/C26H19Cl2IN2O4/c1-14-7-15(2)9-19(8-14)31-25(33)20(24(32)30-26(31)34)10-16-3-6-23(22(29)11-16)35-13-17-4-5-18(27)12-21(17)28/h3-12H,13H2,1-2H3,(H,30,32,34)/b20-10+. The van der Waals surface area contributed by atoms with E-state index in [9.17, 15) is 14.4 Å². The Balaban J connectivity index is 1.58. The summed E-state index contributed by atoms with van der Waals surface area (Å²) in [5.41, 5.74) is 3.46. The molecule has 1 fully saturated rings. The van der Waals surface area contributed by atoms with Crippen LogP contribution in [0.3, 0.4) is 0 Å². The summed E-state index contributed by atoms with van der Waals surface area (Å²) in [7, 11) is 0. The largest absolute Gasteiger partial charge is 0.488 e. The number of rotatable bonds is 5. The number of carbonyl (C=O) groups is 3. The molecule has 3 aromatic carbocycles. The van der Waals surface area contributed by atoms with E-state index in [1.165, 1.54) is 6.08 Å². The van der Waals surface area contributed by atoms with Gasteiger partial charge in [-0.3, -0.25) is 14.9 Å². The van der Waals surface area contributed by atoms with Crippen LogP contribution in [0.2, 0.25) is 10.0 Å². The van der Waals surface area contributed by atoms with E-state index in [4.69, 9.17) is 27.9 Å². The Bertz CT molecular complexity index is 1380. The van der Waals surface area contributed by atoms with Crippen molar-refractivity contribution in [1.82, 2.24) is 5.32 Å². The fraction of sp³-hybridized carbons (Fsp3) is 0.115. The van der Waals surface area contributed by atoms with Crippen LogP contribution >= 0.6 is 45.8 Å². The van der Waals surface area contributed by atoms with Gasteiger partial charge in [0.05, 0.1) is 9.26 Å². The zero-order valence-electron chi connectivity index (χ0n) is 18.7. The Morgan fingerprint density at radius 3 is 2.34 bits per heavy atom. The Labute approximate surface area is 226 Å². The molecule has 0 saturated carbocycles. The SMILES string of the molecule is Cc1cc(C)cc(N2C(=O)NC(=O)/C(=C\c3ccc(OCc4ccc(Cl)cc4Cl)c(I)c3)C2=O)c1. The van der Waals surface area contributed by atoms with Crippen LogP contribution in [-0.4, -0.2) is 17.8 Å². The van der Waals surface area contributed by atoms with Gasteiger partial charge in [0.2, 0.25) is 0 Å². The molecule has 35 heavy (non-hydrogen) atoms. The van der Waals surface area contributed by atoms with Crippen LogP contribution in [-0.2, 0) is 16.2 Å². The van der Waals surface area contributed by atoms with E-state index in [0.717, 1.165) is 25.2 Å². The molecule has 1 aliphatic rings. The van der Waals surface area contributed by atoms with Gasteiger partial charge < -0.3 is 4.74 Å². The first-order valence-corrected chi connectivity index (χ1v) is 12.3. The number of aryl methyl sites for hydroxylation is 2. The summed E-state index contributed by atoms with van der Waals surface area (Å²) >= 11 is 14.3. The van der Waals surface area contributed by atoms with Crippen molar-refractivity contribution in [3.8, 4) is 5.75 Å². The van der Waals surface area contributed by atoms with Gasteiger partial charge in [0.25, 0.3) is 11.8 Å². The van der Waals surface area contributed by atoms with Gasteiger partial charge in [-0.1, -0.05) is 41.4 Å². The fourth-order valence-electron chi connectivity index (χ4n) is 3.66. The Hall–Kier alpha value is -2.88. The van der Waals surface area contributed by atoms with Crippen molar-refractivity contribution in [3.63, 3.8) is 0 Å². The minimum atomic E-state index is -0.777. The molecule has 6 nitrogen and oxygen atoms in total. The number of halogens is 3. The number of hydrogen-bond donors (Lipinski definition) is 1. The number of urea groups is 1. The zero-order valence-corrected chi connectivity index (χ0v) is 22.4. The molecule has 1 N–H and O–H groups in total. The van der Waals surface area contributed by atoms with Crippen LogP contribution < -0.4 is 15.0 Å². The Morgan fingerprint density at radius 1 is 0.971 bits per heavy atom. The average molecular weight is 621 g/mol. The van der Waals surface area contributed by atoms with Gasteiger partial charge in [-0.15, -0.1) is 0 Å². The number of amides is 4. The lowest BCUT2D eigenvalue weighted by atomic mass is 10.1. The van der Waals surface area contributed by atoms with Gasteiger partial charge in [-0.25, -0.2) is 9.69 Å². The van der Waals surface area contributed by atoms with E-state index in [1.54, 1.807) is 48.5 Å². The maximum absolute atomic E-state index is 13.2. The molecular formula is C26H19Cl2IN2O4. The summed E-state index contributed by atoms with van der Waals surface area (Å²) in [6, 6.07) is 15.1. The molecule has 1 saturated heterocycles. The normalized spacial score (nSPS) is 14.9. The summed E-state index contributed by atoms with van der Waals surface area (Å²) in [6.07, 6.45) is 1.46. The second-order valence-corrected chi connectivity index (χ2v) is 10.0. The lowest BCUT2D eigenvalue weighted by Gasteiger charge is -2.27. The van der Waals surface area contributed by atoms with Crippen LogP contribution in [0.1, 0.15) is 22.3 Å². The van der Waals surface area contributed by atoms with Crippen molar-refractivity contribution in [2.75, 3.05) is 4.90 Å². The maximum Gasteiger partial charge on any atom is 0.335 e. The zero-order chi connectivity index (χ0) is 25.3. The predicted octanol–water partition coefficient (Wildman–Crippen LogP) is 6.46. The van der Waals surface area contributed by atoms with E-state index in [2.05, 4.69) is 27.9 Å². The molecule has 0 spiro atoms. The van der Waals surface area contributed by atoms with Crippen molar-refractivity contribution < 1.29 is 19.1 Å². The fourth-order valence-corrected chi connectivity index (χ4v) is 4.81. The van der Waals surface area contributed by atoms with Crippen molar-refractivity contribution in [3.05, 3.63) is 96.0 Å². The number of benzene rings is 3. The highest BCUT2D eigenvalue weighted by molar-refractivity contribution is 14.1. The Morgan fingerprint density at radius 2 is 1.69 bits per heavy atom. The van der Waals surface area contributed by atoms with Gasteiger partial charge in [0, 0.05) is 15.6 Å². The van der Waals surface area contributed by atoms with E-state index in [1.807, 2.05) is 19.9 Å². The summed E-state index contributed by atoms with van der Waals surface area (Å²) in [5, 5.41) is 3.31. The van der Waals surface area contributed by atoms with E-state index in [0.29, 0.717) is 27.0 Å². The molecule has 178 valence electrons. The number of nitrogens with zero attached hydrogens (tertiary/aromatic N) is 1. The molecule has 0 unspecified atom stereocenters. The molecule has 0 bridgehead atoms. The Kier molecular flexibility index (Phi) is 7.49. The summed E-state index contributed by atoms with van der Waals surface area (Å²) < 4.78 is 6.66. The molecule has 4 rings (SSSR count). The molecule has 1 aliphatic heterocycles. The first-order valence-electron chi connectivity index (χ1n) is 10.5. The van der Waals surface area contributed by atoms with E-state index >= 15 is 0 Å². The van der Waals surface area contributed by atoms with E-state index < -0.39 is 17.8 Å². The third-order valence-electron chi connectivity index (χ3n) is 5.23. The molecule has 0 aromatic heterocycles. The molecular weight excluding hydrogens is 602 g/mol. The first-order chi connectivity index (χ1) is 16.6. The number of nitrogens with one attached hydrogen (secondary N) is 1. The van der Waals surface area contributed by atoms with E-state index in [-0.39, 0.29) is 12.2 Å². The highest BCUT2D eigenvalue weighted by Gasteiger charge is 2.37. The van der Waals surface area contributed by atoms with Gasteiger partial charge in [0.15, 0.2) is 0 Å². The third-order valence-corrected chi connectivity index (χ3v) is 6.66. The quantitative estimate of drug-likeness (QED) is 0.202. The van der Waals surface area contributed by atoms with Crippen LogP contribution in [0, 0.1) is 17.4 Å². The molecule has 1 heterocycles. The van der Waals surface area contributed by atoms with Gasteiger partial charge >= 0.3 is 6.03 Å². The number of barbiturate groups is 1. The average Bonchev–Trinajstić information content (AvgIpc) is 2.76. The topological polar surface area (TPSA) is 75.7 Å². The number of anilines is 1. The van der Waals surface area contributed by atoms with Gasteiger partial charge in [0.1, 0.15) is 17.9 Å². The van der Waals surface area contributed by atoms with Crippen molar-refractivity contribution in [2.45, 2.75) is 20.5 Å². The molecule has 3 aromatic rings. The summed E-state index contributed by atoms with van der Waals surface area (Å²) in [6.45, 7) is 3.99. The molecule has 0 radical (unpaired) electrons. The van der Waals surface area contributed by atoms with Crippen molar-refractivity contribution in [1.29, 1.82) is 0 Å². The van der Waals surface area contributed by atoms with Crippen LogP contribution in [0.15, 0.2) is 60.2 Å². The lowest BCUT2D eigenvalue weighted by molar-refractivity contribution is -0.122. The summed E-state index contributed by atoms with van der Waals surface area (Å²) in [5.74, 6) is -0.810. The summed E-state index contributed by atoms with van der Waals surface area (Å²) in [4.78, 5) is 39.1.